The first-order valence-electron chi connectivity index (χ1n) is 6.06. The first kappa shape index (κ1) is 14.8. The molecular weight excluding hydrogens is 328 g/mol. The minimum absolute atomic E-state index is 0.0856. The highest BCUT2D eigenvalue weighted by Crippen LogP contribution is 2.29. The lowest BCUT2D eigenvalue weighted by Crippen LogP contribution is -2.50. The molecule has 1 aliphatic rings. The highest BCUT2D eigenvalue weighted by molar-refractivity contribution is 9.10. The van der Waals surface area contributed by atoms with E-state index in [4.69, 9.17) is 4.74 Å². The Morgan fingerprint density at radius 3 is 2.80 bits per heavy atom. The molecule has 0 spiro atoms. The molecule has 1 heterocycles. The van der Waals surface area contributed by atoms with Gasteiger partial charge in [-0.05, 0) is 35.0 Å². The third-order valence-electron chi connectivity index (χ3n) is 3.37. The Morgan fingerprint density at radius 2 is 2.15 bits per heavy atom. The number of benzene rings is 1. The molecule has 1 fully saturated rings. The summed E-state index contributed by atoms with van der Waals surface area (Å²) in [5, 5.41) is 14.5. The maximum atomic E-state index is 11.9. The van der Waals surface area contributed by atoms with Crippen molar-refractivity contribution < 1.29 is 19.4 Å². The molecule has 0 radical (unpaired) electrons. The molecule has 20 heavy (non-hydrogen) atoms. The third kappa shape index (κ3) is 2.94. The van der Waals surface area contributed by atoms with Crippen molar-refractivity contribution >= 4 is 33.6 Å². The van der Waals surface area contributed by atoms with E-state index in [1.165, 1.54) is 0 Å². The van der Waals surface area contributed by atoms with Gasteiger partial charge in [0.2, 0.25) is 0 Å². The zero-order chi connectivity index (χ0) is 14.8. The van der Waals surface area contributed by atoms with E-state index in [0.717, 1.165) is 4.47 Å². The molecule has 7 heteroatoms. The molecule has 0 saturated carbocycles. The van der Waals surface area contributed by atoms with Gasteiger partial charge in [0.25, 0.3) is 0 Å². The van der Waals surface area contributed by atoms with Crippen molar-refractivity contribution in [3.63, 3.8) is 0 Å². The first-order chi connectivity index (χ1) is 9.43. The molecule has 6 nitrogen and oxygen atoms in total. The average molecular weight is 343 g/mol. The average Bonchev–Trinajstić information content (AvgIpc) is 2.75. The molecule has 2 rings (SSSR count). The molecular formula is C13H15BrN2O4. The van der Waals surface area contributed by atoms with Crippen LogP contribution in [0, 0.1) is 5.41 Å². The summed E-state index contributed by atoms with van der Waals surface area (Å²) in [5.74, 6) is -0.985. The number of carboxylic acids is 1. The molecule has 2 amide bonds. The smallest absolute Gasteiger partial charge is 0.319 e. The van der Waals surface area contributed by atoms with E-state index in [1.54, 1.807) is 25.1 Å². The van der Waals surface area contributed by atoms with Crippen LogP contribution in [0.15, 0.2) is 28.7 Å². The number of ether oxygens (including phenoxy) is 1. The Labute approximate surface area is 124 Å². The second-order valence-corrected chi connectivity index (χ2v) is 5.72. The van der Waals surface area contributed by atoms with Crippen molar-refractivity contribution in [2.45, 2.75) is 13.0 Å². The summed E-state index contributed by atoms with van der Waals surface area (Å²) in [6.45, 7) is 1.83. The fraction of sp³-hybridized carbons (Fsp3) is 0.385. The van der Waals surface area contributed by atoms with Gasteiger partial charge in [0.15, 0.2) is 0 Å². The van der Waals surface area contributed by atoms with E-state index < -0.39 is 23.5 Å². The number of anilines is 1. The van der Waals surface area contributed by atoms with Crippen LogP contribution in [-0.4, -0.2) is 36.4 Å². The molecule has 1 aromatic rings. The van der Waals surface area contributed by atoms with Crippen LogP contribution in [0.4, 0.5) is 10.5 Å². The van der Waals surface area contributed by atoms with Crippen molar-refractivity contribution in [2.24, 2.45) is 5.41 Å². The highest BCUT2D eigenvalue weighted by Gasteiger charge is 2.47. The number of para-hydroxylation sites is 1. The van der Waals surface area contributed by atoms with E-state index in [0.29, 0.717) is 5.69 Å². The van der Waals surface area contributed by atoms with Gasteiger partial charge in [0, 0.05) is 4.47 Å². The van der Waals surface area contributed by atoms with Gasteiger partial charge in [0.05, 0.1) is 24.9 Å². The predicted molar refractivity (Wildman–Crippen MR) is 76.6 cm³/mol. The predicted octanol–water partition coefficient (Wildman–Crippen LogP) is 2.06. The van der Waals surface area contributed by atoms with Crippen molar-refractivity contribution in [3.8, 4) is 0 Å². The monoisotopic (exact) mass is 342 g/mol. The second kappa shape index (κ2) is 5.80. The third-order valence-corrected chi connectivity index (χ3v) is 4.06. The summed E-state index contributed by atoms with van der Waals surface area (Å²) >= 11 is 3.32. The quantitative estimate of drug-likeness (QED) is 0.784. The topological polar surface area (TPSA) is 87.7 Å². The van der Waals surface area contributed by atoms with Crippen LogP contribution >= 0.6 is 15.9 Å². The minimum Gasteiger partial charge on any atom is -0.481 e. The van der Waals surface area contributed by atoms with Gasteiger partial charge in [0.1, 0.15) is 5.41 Å². The summed E-state index contributed by atoms with van der Waals surface area (Å²) in [4.78, 5) is 23.2. The van der Waals surface area contributed by atoms with E-state index >= 15 is 0 Å². The molecule has 2 unspecified atom stereocenters. The zero-order valence-electron chi connectivity index (χ0n) is 10.9. The molecule has 2 atom stereocenters. The Kier molecular flexibility index (Phi) is 4.29. The van der Waals surface area contributed by atoms with E-state index in [1.807, 2.05) is 6.07 Å². The van der Waals surface area contributed by atoms with Crippen LogP contribution in [0.5, 0.6) is 0 Å². The summed E-state index contributed by atoms with van der Waals surface area (Å²) in [7, 11) is 0. The lowest BCUT2D eigenvalue weighted by Gasteiger charge is -2.25. The fourth-order valence-electron chi connectivity index (χ4n) is 1.96. The first-order valence-corrected chi connectivity index (χ1v) is 6.86. The Bertz CT molecular complexity index is 537. The number of carboxylic acid groups (broad SMARTS) is 1. The molecule has 3 N–H and O–H groups in total. The van der Waals surface area contributed by atoms with E-state index in [-0.39, 0.29) is 13.2 Å². The van der Waals surface area contributed by atoms with Crippen LogP contribution in [-0.2, 0) is 9.53 Å². The van der Waals surface area contributed by atoms with Crippen molar-refractivity contribution in [1.29, 1.82) is 0 Å². The number of carbonyl (C=O) groups excluding carboxylic acids is 1. The fourth-order valence-corrected chi connectivity index (χ4v) is 2.35. The number of carbonyl (C=O) groups is 2. The Balaban J connectivity index is 2.02. The molecule has 0 bridgehead atoms. The molecule has 108 valence electrons. The lowest BCUT2D eigenvalue weighted by molar-refractivity contribution is -0.148. The van der Waals surface area contributed by atoms with Gasteiger partial charge >= 0.3 is 12.0 Å². The van der Waals surface area contributed by atoms with Gasteiger partial charge in [-0.25, -0.2) is 4.79 Å². The van der Waals surface area contributed by atoms with Crippen LogP contribution in [0.2, 0.25) is 0 Å². The number of rotatable bonds is 3. The number of aliphatic carboxylic acids is 1. The van der Waals surface area contributed by atoms with E-state index in [9.17, 15) is 14.7 Å². The maximum Gasteiger partial charge on any atom is 0.319 e. The normalized spacial score (nSPS) is 25.2. The molecule has 1 saturated heterocycles. The number of hydrogen-bond donors (Lipinski definition) is 3. The number of amides is 2. The maximum absolute atomic E-state index is 11.9. The SMILES string of the molecule is CC1(C(=O)O)COCC1NC(=O)Nc1ccccc1Br. The zero-order valence-corrected chi connectivity index (χ0v) is 12.4. The number of halogens is 1. The van der Waals surface area contributed by atoms with Gasteiger partial charge < -0.3 is 20.5 Å². The van der Waals surface area contributed by atoms with Gasteiger partial charge in [-0.15, -0.1) is 0 Å². The molecule has 1 aliphatic heterocycles. The highest BCUT2D eigenvalue weighted by atomic mass is 79.9. The Morgan fingerprint density at radius 1 is 1.45 bits per heavy atom. The van der Waals surface area contributed by atoms with Crippen molar-refractivity contribution in [2.75, 3.05) is 18.5 Å². The number of nitrogens with one attached hydrogen (secondary N) is 2. The van der Waals surface area contributed by atoms with Crippen molar-refractivity contribution in [3.05, 3.63) is 28.7 Å². The Hall–Kier alpha value is -1.60. The number of urea groups is 1. The molecule has 0 aromatic heterocycles. The minimum atomic E-state index is -1.11. The van der Waals surface area contributed by atoms with Crippen LogP contribution in [0.1, 0.15) is 6.92 Å². The molecule has 0 aliphatic carbocycles. The van der Waals surface area contributed by atoms with Gasteiger partial charge in [-0.3, -0.25) is 4.79 Å². The van der Waals surface area contributed by atoms with Gasteiger partial charge in [-0.2, -0.15) is 0 Å². The van der Waals surface area contributed by atoms with E-state index in [2.05, 4.69) is 26.6 Å². The summed E-state index contributed by atoms with van der Waals surface area (Å²) < 4.78 is 5.93. The second-order valence-electron chi connectivity index (χ2n) is 4.87. The van der Waals surface area contributed by atoms with Crippen LogP contribution in [0.25, 0.3) is 0 Å². The number of hydrogen-bond acceptors (Lipinski definition) is 3. The van der Waals surface area contributed by atoms with Crippen LogP contribution < -0.4 is 10.6 Å². The standard InChI is InChI=1S/C13H15BrN2O4/c1-13(11(17)18)7-20-6-10(13)16-12(19)15-9-5-3-2-4-8(9)14/h2-5,10H,6-7H2,1H3,(H,17,18)(H2,15,16,19). The van der Waals surface area contributed by atoms with Gasteiger partial charge in [-0.1, -0.05) is 12.1 Å². The summed E-state index contributed by atoms with van der Waals surface area (Å²) in [5.41, 5.74) is -0.494. The lowest BCUT2D eigenvalue weighted by atomic mass is 9.85. The summed E-state index contributed by atoms with van der Waals surface area (Å²) in [6, 6.07) is 6.14. The van der Waals surface area contributed by atoms with Crippen molar-refractivity contribution in [1.82, 2.24) is 5.32 Å². The summed E-state index contributed by atoms with van der Waals surface area (Å²) in [6.07, 6.45) is 0. The molecule has 1 aromatic carbocycles. The largest absolute Gasteiger partial charge is 0.481 e. The van der Waals surface area contributed by atoms with Crippen LogP contribution in [0.3, 0.4) is 0 Å².